The molecule has 3 aromatic carbocycles. The highest BCUT2D eigenvalue weighted by Gasteiger charge is 2.17. The summed E-state index contributed by atoms with van der Waals surface area (Å²) in [6.45, 7) is 4.88. The number of hydrogen-bond donors (Lipinski definition) is 0. The van der Waals surface area contributed by atoms with E-state index in [1.807, 2.05) is 0 Å². The molecule has 0 N–H and O–H groups in total. The summed E-state index contributed by atoms with van der Waals surface area (Å²) in [7, 11) is -0.619. The molecule has 0 aromatic heterocycles. The van der Waals surface area contributed by atoms with E-state index in [0.29, 0.717) is 0 Å². The van der Waals surface area contributed by atoms with E-state index in [2.05, 4.69) is 79.8 Å². The molecule has 0 spiro atoms. The van der Waals surface area contributed by atoms with Crippen LogP contribution in [0.4, 0.5) is 0 Å². The molecule has 4 rings (SSSR count). The second-order valence-electron chi connectivity index (χ2n) is 6.90. The first kappa shape index (κ1) is 14.5. The lowest BCUT2D eigenvalue weighted by atomic mass is 9.90. The van der Waals surface area contributed by atoms with E-state index in [1.54, 1.807) is 11.1 Å². The van der Waals surface area contributed by atoms with Crippen LogP contribution in [0.25, 0.3) is 27.1 Å². The van der Waals surface area contributed by atoms with Crippen LogP contribution >= 0.6 is 0 Å². The van der Waals surface area contributed by atoms with E-state index in [4.69, 9.17) is 0 Å². The molecule has 1 heteroatoms. The molecule has 23 heavy (non-hydrogen) atoms. The van der Waals surface area contributed by atoms with Gasteiger partial charge in [-0.05, 0) is 56.8 Å². The molecule has 0 bridgehead atoms. The van der Waals surface area contributed by atoms with Gasteiger partial charge in [0.05, 0.1) is 0 Å². The summed E-state index contributed by atoms with van der Waals surface area (Å²) < 4.78 is 0. The van der Waals surface area contributed by atoms with Gasteiger partial charge in [0, 0.05) is 8.80 Å². The van der Waals surface area contributed by atoms with Crippen molar-refractivity contribution in [1.82, 2.24) is 0 Å². The van der Waals surface area contributed by atoms with Crippen LogP contribution in [-0.4, -0.2) is 8.80 Å². The fourth-order valence-corrected chi connectivity index (χ4v) is 5.05. The number of allylic oxidation sites excluding steroid dienone is 4. The minimum Gasteiger partial charge on any atom is -0.0798 e. The Balaban J connectivity index is 2.07. The Labute approximate surface area is 139 Å². The third kappa shape index (κ3) is 2.55. The van der Waals surface area contributed by atoms with Gasteiger partial charge in [0.1, 0.15) is 0 Å². The molecule has 1 aliphatic rings. The fraction of sp³-hybridized carbons (Fsp3) is 0.182. The van der Waals surface area contributed by atoms with Crippen molar-refractivity contribution in [3.05, 3.63) is 77.9 Å². The Morgan fingerprint density at radius 1 is 0.870 bits per heavy atom. The first-order chi connectivity index (χ1) is 11.2. The van der Waals surface area contributed by atoms with Gasteiger partial charge < -0.3 is 0 Å². The zero-order chi connectivity index (χ0) is 15.8. The summed E-state index contributed by atoms with van der Waals surface area (Å²) in [6, 6.07) is 21.3. The Morgan fingerprint density at radius 2 is 1.48 bits per heavy atom. The van der Waals surface area contributed by atoms with E-state index in [-0.39, 0.29) is 0 Å². The van der Waals surface area contributed by atoms with Gasteiger partial charge in [-0.2, -0.15) is 0 Å². The van der Waals surface area contributed by atoms with Crippen molar-refractivity contribution in [2.45, 2.75) is 25.6 Å². The lowest BCUT2D eigenvalue weighted by Crippen LogP contribution is -2.01. The largest absolute Gasteiger partial charge is 0.0798 e. The SMILES string of the molecule is C[SiH](C)CC1=C(c2c3ccccc3cc3ccccc23)CC=C1. The quantitative estimate of drug-likeness (QED) is 0.399. The third-order valence-corrected chi connectivity index (χ3v) is 5.99. The molecule has 0 heterocycles. The lowest BCUT2D eigenvalue weighted by molar-refractivity contribution is 1.42. The smallest absolute Gasteiger partial charge is 0.0352 e. The van der Waals surface area contributed by atoms with Gasteiger partial charge in [0.25, 0.3) is 0 Å². The summed E-state index contributed by atoms with van der Waals surface area (Å²) in [4.78, 5) is 0. The molecule has 0 saturated carbocycles. The number of benzene rings is 3. The number of fused-ring (bicyclic) bond motifs is 2. The van der Waals surface area contributed by atoms with E-state index >= 15 is 0 Å². The Morgan fingerprint density at radius 3 is 2.09 bits per heavy atom. The van der Waals surface area contributed by atoms with E-state index < -0.39 is 8.80 Å². The van der Waals surface area contributed by atoms with Crippen molar-refractivity contribution >= 4 is 35.9 Å². The average molecular weight is 315 g/mol. The summed E-state index contributed by atoms with van der Waals surface area (Å²) in [5.74, 6) is 0. The van der Waals surface area contributed by atoms with Gasteiger partial charge in [0.2, 0.25) is 0 Å². The highest BCUT2D eigenvalue weighted by molar-refractivity contribution is 6.56. The summed E-state index contributed by atoms with van der Waals surface area (Å²) in [5, 5.41) is 5.49. The van der Waals surface area contributed by atoms with Gasteiger partial charge in [-0.3, -0.25) is 0 Å². The van der Waals surface area contributed by atoms with Crippen molar-refractivity contribution in [3.63, 3.8) is 0 Å². The molecular weight excluding hydrogens is 292 g/mol. The molecule has 114 valence electrons. The predicted molar refractivity (Wildman–Crippen MR) is 106 cm³/mol. The molecular formula is C22H22Si. The number of rotatable bonds is 3. The topological polar surface area (TPSA) is 0 Å². The maximum absolute atomic E-state index is 2.44. The van der Waals surface area contributed by atoms with Gasteiger partial charge in [-0.15, -0.1) is 0 Å². The Kier molecular flexibility index (Phi) is 3.66. The molecule has 0 radical (unpaired) electrons. The van der Waals surface area contributed by atoms with Crippen LogP contribution in [-0.2, 0) is 0 Å². The lowest BCUT2D eigenvalue weighted by Gasteiger charge is -2.15. The minimum atomic E-state index is -0.619. The van der Waals surface area contributed by atoms with Crippen LogP contribution in [0.5, 0.6) is 0 Å². The zero-order valence-corrected chi connectivity index (χ0v) is 15.0. The zero-order valence-electron chi connectivity index (χ0n) is 13.8. The van der Waals surface area contributed by atoms with Crippen molar-refractivity contribution in [1.29, 1.82) is 0 Å². The van der Waals surface area contributed by atoms with Crippen LogP contribution in [0.1, 0.15) is 12.0 Å². The maximum Gasteiger partial charge on any atom is 0.0352 e. The molecule has 0 atom stereocenters. The van der Waals surface area contributed by atoms with E-state index in [9.17, 15) is 0 Å². The Bertz CT molecular complexity index is 891. The molecule has 3 aromatic rings. The van der Waals surface area contributed by atoms with Gasteiger partial charge in [-0.1, -0.05) is 73.8 Å². The highest BCUT2D eigenvalue weighted by atomic mass is 28.3. The van der Waals surface area contributed by atoms with Crippen molar-refractivity contribution in [2.75, 3.05) is 0 Å². The first-order valence-electron chi connectivity index (χ1n) is 8.53. The average Bonchev–Trinajstić information content (AvgIpc) is 2.99. The highest BCUT2D eigenvalue weighted by Crippen LogP contribution is 2.40. The standard InChI is InChI=1S/C22H22Si/c1-23(2)15-18-10-7-13-21(18)22-19-11-5-3-8-16(19)14-17-9-4-6-12-20(17)22/h3-12,14,23H,13,15H2,1-2H3. The van der Waals surface area contributed by atoms with Crippen LogP contribution in [0.2, 0.25) is 19.1 Å². The van der Waals surface area contributed by atoms with Crippen LogP contribution < -0.4 is 0 Å². The van der Waals surface area contributed by atoms with Crippen molar-refractivity contribution in [2.24, 2.45) is 0 Å². The molecule has 1 aliphatic carbocycles. The Hall–Kier alpha value is -2.12. The second kappa shape index (κ2) is 5.82. The van der Waals surface area contributed by atoms with E-state index in [1.165, 1.54) is 33.2 Å². The second-order valence-corrected chi connectivity index (χ2v) is 10.1. The molecule has 0 amide bonds. The maximum atomic E-state index is 2.44. The molecule has 0 aliphatic heterocycles. The molecule has 0 unspecified atom stereocenters. The van der Waals surface area contributed by atoms with Gasteiger partial charge in [0.15, 0.2) is 0 Å². The van der Waals surface area contributed by atoms with E-state index in [0.717, 1.165) is 6.42 Å². The molecule has 0 fully saturated rings. The van der Waals surface area contributed by atoms with Crippen molar-refractivity contribution < 1.29 is 0 Å². The van der Waals surface area contributed by atoms with Gasteiger partial charge in [-0.25, -0.2) is 0 Å². The summed E-state index contributed by atoms with van der Waals surface area (Å²) >= 11 is 0. The summed E-state index contributed by atoms with van der Waals surface area (Å²) in [5.41, 5.74) is 4.60. The summed E-state index contributed by atoms with van der Waals surface area (Å²) in [6.07, 6.45) is 5.80. The normalized spacial score (nSPS) is 14.6. The van der Waals surface area contributed by atoms with Gasteiger partial charge >= 0.3 is 0 Å². The molecule has 0 nitrogen and oxygen atoms in total. The van der Waals surface area contributed by atoms with Crippen LogP contribution in [0.15, 0.2) is 72.3 Å². The first-order valence-corrected chi connectivity index (χ1v) is 11.7. The third-order valence-electron chi connectivity index (χ3n) is 4.73. The molecule has 0 saturated heterocycles. The number of hydrogen-bond acceptors (Lipinski definition) is 0. The fourth-order valence-electron chi connectivity index (χ4n) is 3.78. The predicted octanol–water partition coefficient (Wildman–Crippen LogP) is 6.19. The van der Waals surface area contributed by atoms with Crippen molar-refractivity contribution in [3.8, 4) is 0 Å². The van der Waals surface area contributed by atoms with Crippen LogP contribution in [0, 0.1) is 0 Å². The minimum absolute atomic E-state index is 0.619. The van der Waals surface area contributed by atoms with Crippen LogP contribution in [0.3, 0.4) is 0 Å². The monoisotopic (exact) mass is 314 g/mol.